The fourth-order valence-corrected chi connectivity index (χ4v) is 3.35. The predicted molar refractivity (Wildman–Crippen MR) is 79.3 cm³/mol. The second kappa shape index (κ2) is 5.74. The number of nitrogens with two attached hydrogens (primary N) is 1. The molecular weight excluding hydrogens is 292 g/mol. The van der Waals surface area contributed by atoms with Crippen molar-refractivity contribution in [1.82, 2.24) is 13.9 Å². The van der Waals surface area contributed by atoms with Crippen LogP contribution in [0.4, 0.5) is 5.82 Å². The number of anilines is 1. The van der Waals surface area contributed by atoms with Gasteiger partial charge in [0.2, 0.25) is 0 Å². The number of rotatable bonds is 5. The van der Waals surface area contributed by atoms with Crippen LogP contribution < -0.4 is 10.5 Å². The Labute approximate surface area is 124 Å². The summed E-state index contributed by atoms with van der Waals surface area (Å²) in [4.78, 5) is 3.81. The van der Waals surface area contributed by atoms with E-state index >= 15 is 0 Å². The van der Waals surface area contributed by atoms with E-state index in [1.807, 2.05) is 12.1 Å². The average Bonchev–Trinajstić information content (AvgIpc) is 2.78. The van der Waals surface area contributed by atoms with E-state index in [2.05, 4.69) is 4.98 Å². The van der Waals surface area contributed by atoms with Crippen molar-refractivity contribution < 1.29 is 13.2 Å². The molecule has 1 aromatic carbocycles. The Morgan fingerprint density at radius 1 is 1.43 bits per heavy atom. The summed E-state index contributed by atoms with van der Waals surface area (Å²) >= 11 is 0. The van der Waals surface area contributed by atoms with E-state index in [1.54, 1.807) is 26.3 Å². The van der Waals surface area contributed by atoms with E-state index in [1.165, 1.54) is 22.2 Å². The largest absolute Gasteiger partial charge is 0.497 e. The van der Waals surface area contributed by atoms with Gasteiger partial charge in [-0.3, -0.25) is 0 Å². The monoisotopic (exact) mass is 310 g/mol. The normalized spacial score (nSPS) is 11.8. The minimum atomic E-state index is -3.71. The van der Waals surface area contributed by atoms with Crippen molar-refractivity contribution in [2.75, 3.05) is 19.9 Å². The maximum absolute atomic E-state index is 12.5. The summed E-state index contributed by atoms with van der Waals surface area (Å²) in [6.07, 6.45) is 1.38. The SMILES string of the molecule is COc1cccc(CN(C)S(=O)(=O)c2c(N)ncn2C)c1. The van der Waals surface area contributed by atoms with Crippen LogP contribution in [-0.2, 0) is 23.6 Å². The standard InChI is InChI=1S/C13H18N4O3S/c1-16-9-15-12(14)13(16)21(18,19)17(2)8-10-5-4-6-11(7-10)20-3/h4-7,9H,8,14H2,1-3H3. The third kappa shape index (κ3) is 3.01. The molecule has 7 nitrogen and oxygen atoms in total. The molecule has 0 aliphatic carbocycles. The van der Waals surface area contributed by atoms with Crippen molar-refractivity contribution in [3.05, 3.63) is 36.2 Å². The van der Waals surface area contributed by atoms with Crippen LogP contribution in [0.2, 0.25) is 0 Å². The number of methoxy groups -OCH3 is 1. The van der Waals surface area contributed by atoms with Crippen LogP contribution in [0.3, 0.4) is 0 Å². The molecule has 8 heteroatoms. The molecule has 0 atom stereocenters. The van der Waals surface area contributed by atoms with Gasteiger partial charge in [-0.1, -0.05) is 12.1 Å². The second-order valence-electron chi connectivity index (χ2n) is 4.66. The number of nitrogen functional groups attached to an aromatic ring is 1. The third-order valence-corrected chi connectivity index (χ3v) is 5.04. The number of benzene rings is 1. The second-order valence-corrected chi connectivity index (χ2v) is 6.62. The molecule has 0 saturated heterocycles. The summed E-state index contributed by atoms with van der Waals surface area (Å²) < 4.78 is 32.9. The number of aryl methyl sites for hydroxylation is 1. The molecule has 2 N–H and O–H groups in total. The van der Waals surface area contributed by atoms with E-state index in [0.29, 0.717) is 5.75 Å². The Bertz CT molecular complexity index is 720. The molecule has 0 fully saturated rings. The summed E-state index contributed by atoms with van der Waals surface area (Å²) in [6.45, 7) is 0.212. The molecule has 0 radical (unpaired) electrons. The van der Waals surface area contributed by atoms with Crippen molar-refractivity contribution in [3.8, 4) is 5.75 Å². The molecule has 114 valence electrons. The zero-order chi connectivity index (χ0) is 15.6. The van der Waals surface area contributed by atoms with Crippen LogP contribution in [-0.4, -0.2) is 36.4 Å². The summed E-state index contributed by atoms with van der Waals surface area (Å²) in [5, 5.41) is -0.00658. The minimum absolute atomic E-state index is 0.00464. The molecule has 1 aromatic heterocycles. The zero-order valence-corrected chi connectivity index (χ0v) is 13.0. The van der Waals surface area contributed by atoms with Crippen molar-refractivity contribution in [3.63, 3.8) is 0 Å². The first-order valence-corrected chi connectivity index (χ1v) is 7.66. The number of ether oxygens (including phenoxy) is 1. The highest BCUT2D eigenvalue weighted by Crippen LogP contribution is 2.22. The molecule has 0 aliphatic rings. The molecule has 21 heavy (non-hydrogen) atoms. The first-order chi connectivity index (χ1) is 9.86. The maximum atomic E-state index is 12.5. The van der Waals surface area contributed by atoms with Crippen LogP contribution in [0.25, 0.3) is 0 Å². The molecule has 0 spiro atoms. The van der Waals surface area contributed by atoms with Crippen LogP contribution in [0.1, 0.15) is 5.56 Å². The van der Waals surface area contributed by atoms with Crippen molar-refractivity contribution >= 4 is 15.8 Å². The first kappa shape index (κ1) is 15.3. The summed E-state index contributed by atoms with van der Waals surface area (Å²) in [5.41, 5.74) is 6.47. The van der Waals surface area contributed by atoms with E-state index in [4.69, 9.17) is 10.5 Å². The van der Waals surface area contributed by atoms with Gasteiger partial charge in [-0.15, -0.1) is 0 Å². The average molecular weight is 310 g/mol. The van der Waals surface area contributed by atoms with Crippen molar-refractivity contribution in [1.29, 1.82) is 0 Å². The number of hydrogen-bond acceptors (Lipinski definition) is 5. The molecule has 2 rings (SSSR count). The van der Waals surface area contributed by atoms with Gasteiger partial charge >= 0.3 is 0 Å². The van der Waals surface area contributed by atoms with E-state index in [9.17, 15) is 8.42 Å². The Morgan fingerprint density at radius 3 is 2.71 bits per heavy atom. The summed E-state index contributed by atoms with van der Waals surface area (Å²) in [7, 11) is 0.953. The molecule has 0 saturated carbocycles. The van der Waals surface area contributed by atoms with E-state index in [-0.39, 0.29) is 17.4 Å². The van der Waals surface area contributed by atoms with E-state index < -0.39 is 10.0 Å². The molecule has 0 bridgehead atoms. The van der Waals surface area contributed by atoms with Gasteiger partial charge in [-0.25, -0.2) is 13.4 Å². The molecule has 2 aromatic rings. The van der Waals surface area contributed by atoms with Crippen LogP contribution in [0.15, 0.2) is 35.6 Å². The highest BCUT2D eigenvalue weighted by Gasteiger charge is 2.27. The summed E-state index contributed by atoms with van der Waals surface area (Å²) in [5.74, 6) is 0.674. The Hall–Kier alpha value is -2.06. The van der Waals surface area contributed by atoms with Crippen LogP contribution >= 0.6 is 0 Å². The Kier molecular flexibility index (Phi) is 4.19. The predicted octanol–water partition coefficient (Wildman–Crippen LogP) is 0.832. The lowest BCUT2D eigenvalue weighted by molar-refractivity contribution is 0.412. The number of hydrogen-bond donors (Lipinski definition) is 1. The van der Waals surface area contributed by atoms with Crippen LogP contribution in [0.5, 0.6) is 5.75 Å². The lowest BCUT2D eigenvalue weighted by atomic mass is 10.2. The van der Waals surface area contributed by atoms with E-state index in [0.717, 1.165) is 5.56 Å². The fourth-order valence-electron chi connectivity index (χ4n) is 2.01. The molecule has 1 heterocycles. The topological polar surface area (TPSA) is 90.4 Å². The van der Waals surface area contributed by atoms with Gasteiger partial charge in [-0.05, 0) is 17.7 Å². The van der Waals surface area contributed by atoms with Gasteiger partial charge in [-0.2, -0.15) is 4.31 Å². The van der Waals surface area contributed by atoms with Crippen molar-refractivity contribution in [2.45, 2.75) is 11.6 Å². The Morgan fingerprint density at radius 2 is 2.14 bits per heavy atom. The molecule has 0 unspecified atom stereocenters. The number of nitrogens with zero attached hydrogens (tertiary/aromatic N) is 3. The van der Waals surface area contributed by atoms with Gasteiger partial charge < -0.3 is 15.0 Å². The van der Waals surface area contributed by atoms with Crippen LogP contribution in [0, 0.1) is 0 Å². The lowest BCUT2D eigenvalue weighted by Gasteiger charge is -2.18. The van der Waals surface area contributed by atoms with Gasteiger partial charge in [0.1, 0.15) is 5.75 Å². The molecule has 0 aliphatic heterocycles. The number of aromatic nitrogens is 2. The molecule has 0 amide bonds. The maximum Gasteiger partial charge on any atom is 0.262 e. The first-order valence-electron chi connectivity index (χ1n) is 6.22. The quantitative estimate of drug-likeness (QED) is 0.883. The van der Waals surface area contributed by atoms with Gasteiger partial charge in [0, 0.05) is 20.6 Å². The van der Waals surface area contributed by atoms with Gasteiger partial charge in [0.05, 0.1) is 13.4 Å². The fraction of sp³-hybridized carbons (Fsp3) is 0.308. The van der Waals surface area contributed by atoms with Gasteiger partial charge in [0.15, 0.2) is 10.8 Å². The highest BCUT2D eigenvalue weighted by molar-refractivity contribution is 7.89. The van der Waals surface area contributed by atoms with Crippen molar-refractivity contribution in [2.24, 2.45) is 7.05 Å². The summed E-state index contributed by atoms with van der Waals surface area (Å²) in [6, 6.07) is 7.24. The van der Waals surface area contributed by atoms with Gasteiger partial charge in [0.25, 0.3) is 10.0 Å². The lowest BCUT2D eigenvalue weighted by Crippen LogP contribution is -2.28. The smallest absolute Gasteiger partial charge is 0.262 e. The number of sulfonamides is 1. The zero-order valence-electron chi connectivity index (χ0n) is 12.1. The highest BCUT2D eigenvalue weighted by atomic mass is 32.2. The molecular formula is C13H18N4O3S. The minimum Gasteiger partial charge on any atom is -0.497 e. The Balaban J connectivity index is 2.29. The third-order valence-electron chi connectivity index (χ3n) is 3.10. The number of imidazole rings is 1.